The minimum Gasteiger partial charge on any atom is -0.469 e. The van der Waals surface area contributed by atoms with Gasteiger partial charge in [-0.05, 0) is 31.4 Å². The summed E-state index contributed by atoms with van der Waals surface area (Å²) in [5.74, 6) is -1.67. The molecule has 1 saturated carbocycles. The minimum absolute atomic E-state index is 0.0839. The number of nitrogens with two attached hydrogens (primary N) is 1. The highest BCUT2D eigenvalue weighted by Gasteiger charge is 2.56. The highest BCUT2D eigenvalue weighted by Crippen LogP contribution is 2.42. The van der Waals surface area contributed by atoms with Gasteiger partial charge in [0.25, 0.3) is 15.9 Å². The second kappa shape index (κ2) is 10.5. The van der Waals surface area contributed by atoms with Crippen LogP contribution in [0.2, 0.25) is 0 Å². The van der Waals surface area contributed by atoms with Gasteiger partial charge in [-0.15, -0.1) is 6.58 Å². The molecule has 0 spiro atoms. The van der Waals surface area contributed by atoms with Gasteiger partial charge in [0.05, 0.1) is 12.8 Å². The highest BCUT2D eigenvalue weighted by molar-refractivity contribution is 7.90. The van der Waals surface area contributed by atoms with Gasteiger partial charge in [0.2, 0.25) is 5.91 Å². The first-order valence-corrected chi connectivity index (χ1v) is 11.6. The van der Waals surface area contributed by atoms with E-state index < -0.39 is 21.5 Å². The largest absolute Gasteiger partial charge is 0.469 e. The summed E-state index contributed by atoms with van der Waals surface area (Å²) in [6.07, 6.45) is 5.21. The van der Waals surface area contributed by atoms with E-state index in [4.69, 9.17) is 5.73 Å². The molecule has 2 amide bonds. The maximum absolute atomic E-state index is 12.7. The molecule has 1 fully saturated rings. The van der Waals surface area contributed by atoms with Gasteiger partial charge >= 0.3 is 5.97 Å². The first-order chi connectivity index (χ1) is 14.6. The van der Waals surface area contributed by atoms with Gasteiger partial charge in [-0.3, -0.25) is 14.4 Å². The van der Waals surface area contributed by atoms with Crippen molar-refractivity contribution in [3.8, 4) is 0 Å². The number of ether oxygens (including phenoxy) is 1. The van der Waals surface area contributed by atoms with Crippen molar-refractivity contribution in [3.05, 3.63) is 36.9 Å². The molecule has 31 heavy (non-hydrogen) atoms. The number of benzene rings is 1. The van der Waals surface area contributed by atoms with Crippen LogP contribution in [0, 0.1) is 5.92 Å². The van der Waals surface area contributed by atoms with Crippen LogP contribution in [0.3, 0.4) is 0 Å². The number of carbonyl (C=O) groups is 3. The first kappa shape index (κ1) is 24.5. The third-order valence-electron chi connectivity index (χ3n) is 5.21. The van der Waals surface area contributed by atoms with Gasteiger partial charge in [0.1, 0.15) is 10.4 Å². The van der Waals surface area contributed by atoms with Crippen LogP contribution in [0.1, 0.15) is 44.9 Å². The molecule has 0 bridgehead atoms. The number of methoxy groups -OCH3 is 1. The fourth-order valence-electron chi connectivity index (χ4n) is 3.16. The quantitative estimate of drug-likeness (QED) is 0.250. The van der Waals surface area contributed by atoms with Crippen molar-refractivity contribution in [1.29, 1.82) is 0 Å². The zero-order valence-electron chi connectivity index (χ0n) is 17.6. The topological polar surface area (TPSA) is 145 Å². The molecule has 1 aromatic carbocycles. The first-order valence-electron chi connectivity index (χ1n) is 10.1. The number of rotatable bonds is 12. The van der Waals surface area contributed by atoms with E-state index in [1.165, 1.54) is 31.4 Å². The summed E-state index contributed by atoms with van der Waals surface area (Å²) in [6.45, 7) is 3.58. The molecule has 0 saturated heterocycles. The highest BCUT2D eigenvalue weighted by atomic mass is 32.2. The molecular formula is C21H29N3O6S. The van der Waals surface area contributed by atoms with Gasteiger partial charge in [-0.1, -0.05) is 31.1 Å². The molecule has 0 heterocycles. The zero-order chi connectivity index (χ0) is 23.1. The average molecular weight is 452 g/mol. The van der Waals surface area contributed by atoms with Crippen LogP contribution in [-0.4, -0.2) is 38.9 Å². The van der Waals surface area contributed by atoms with Crippen LogP contribution in [0.5, 0.6) is 0 Å². The lowest BCUT2D eigenvalue weighted by Crippen LogP contribution is -2.46. The molecule has 0 aromatic heterocycles. The van der Waals surface area contributed by atoms with Crippen LogP contribution < -0.4 is 15.8 Å². The number of unbranched alkanes of at least 4 members (excludes halogenated alkanes) is 3. The Balaban J connectivity index is 1.91. The van der Waals surface area contributed by atoms with Gasteiger partial charge in [0, 0.05) is 18.8 Å². The van der Waals surface area contributed by atoms with E-state index in [9.17, 15) is 22.8 Å². The van der Waals surface area contributed by atoms with Crippen LogP contribution in [-0.2, 0) is 29.1 Å². The average Bonchev–Trinajstić information content (AvgIpc) is 3.42. The van der Waals surface area contributed by atoms with E-state index in [1.807, 2.05) is 4.72 Å². The summed E-state index contributed by atoms with van der Waals surface area (Å²) in [4.78, 5) is 35.4. The van der Waals surface area contributed by atoms with Gasteiger partial charge in [-0.2, -0.15) is 0 Å². The smallest absolute Gasteiger partial charge is 0.305 e. The Bertz CT molecular complexity index is 946. The van der Waals surface area contributed by atoms with Crippen molar-refractivity contribution in [2.24, 2.45) is 11.7 Å². The summed E-state index contributed by atoms with van der Waals surface area (Å²) in [6, 6.07) is 5.84. The zero-order valence-corrected chi connectivity index (χ0v) is 18.4. The number of sulfonamides is 1. The molecule has 4 N–H and O–H groups in total. The number of amides is 2. The molecule has 2 atom stereocenters. The predicted molar refractivity (Wildman–Crippen MR) is 115 cm³/mol. The van der Waals surface area contributed by atoms with E-state index in [1.54, 1.807) is 6.07 Å². The molecule has 170 valence electrons. The SMILES string of the molecule is C=C[C@@H]1C[C@]1(N)C(=O)NS(=O)(=O)c1ccccc1NC(=O)CCCCCCC(=O)OC. The van der Waals surface area contributed by atoms with E-state index in [2.05, 4.69) is 16.6 Å². The number of nitrogens with one attached hydrogen (secondary N) is 2. The third kappa shape index (κ3) is 6.63. The lowest BCUT2D eigenvalue weighted by molar-refractivity contribution is -0.140. The van der Waals surface area contributed by atoms with Crippen molar-refractivity contribution in [3.63, 3.8) is 0 Å². The van der Waals surface area contributed by atoms with Gasteiger partial charge < -0.3 is 15.8 Å². The lowest BCUT2D eigenvalue weighted by Gasteiger charge is -2.15. The van der Waals surface area contributed by atoms with Crippen LogP contribution in [0.4, 0.5) is 5.69 Å². The summed E-state index contributed by atoms with van der Waals surface area (Å²) in [5, 5.41) is 2.59. The predicted octanol–water partition coefficient (Wildman–Crippen LogP) is 1.85. The number of para-hydroxylation sites is 1. The maximum Gasteiger partial charge on any atom is 0.305 e. The summed E-state index contributed by atoms with van der Waals surface area (Å²) < 4.78 is 32.0. The second-order valence-corrected chi connectivity index (χ2v) is 9.21. The maximum atomic E-state index is 12.7. The Kier molecular flexibility index (Phi) is 8.35. The summed E-state index contributed by atoms with van der Waals surface area (Å²) >= 11 is 0. The third-order valence-corrected chi connectivity index (χ3v) is 6.60. The van der Waals surface area contributed by atoms with Crippen molar-refractivity contribution >= 4 is 33.5 Å². The molecule has 9 nitrogen and oxygen atoms in total. The van der Waals surface area contributed by atoms with Gasteiger partial charge in [0.15, 0.2) is 0 Å². The number of esters is 1. The molecule has 1 aliphatic carbocycles. The molecule has 10 heteroatoms. The number of anilines is 1. The second-order valence-electron chi connectivity index (χ2n) is 7.56. The lowest BCUT2D eigenvalue weighted by atomic mass is 10.1. The molecular weight excluding hydrogens is 422 g/mol. The molecule has 2 rings (SSSR count). The summed E-state index contributed by atoms with van der Waals surface area (Å²) in [5.41, 5.74) is 4.73. The molecule has 0 aliphatic heterocycles. The van der Waals surface area contributed by atoms with E-state index in [-0.39, 0.29) is 34.8 Å². The van der Waals surface area contributed by atoms with Gasteiger partial charge in [-0.25, -0.2) is 13.1 Å². The standard InChI is InChI=1S/C21H29N3O6S/c1-3-15-14-21(15,22)20(27)24-31(28,29)17-11-9-8-10-16(17)23-18(25)12-6-4-5-7-13-19(26)30-2/h3,8-11,15H,1,4-7,12-14,22H2,2H3,(H,23,25)(H,24,27)/t15-,21-/m1/s1. The van der Waals surface area contributed by atoms with E-state index in [0.29, 0.717) is 25.7 Å². The Hall–Kier alpha value is -2.72. The van der Waals surface area contributed by atoms with Crippen molar-refractivity contribution in [2.75, 3.05) is 12.4 Å². The Labute approximate surface area is 182 Å². The fourth-order valence-corrected chi connectivity index (χ4v) is 4.37. The number of hydrogen-bond acceptors (Lipinski definition) is 7. The van der Waals surface area contributed by atoms with Crippen molar-refractivity contribution in [2.45, 2.75) is 55.4 Å². The normalized spacial score (nSPS) is 19.9. The van der Waals surface area contributed by atoms with Crippen molar-refractivity contribution in [1.82, 2.24) is 4.72 Å². The van der Waals surface area contributed by atoms with Crippen LogP contribution in [0.15, 0.2) is 41.8 Å². The molecule has 0 radical (unpaired) electrons. The van der Waals surface area contributed by atoms with E-state index >= 15 is 0 Å². The monoisotopic (exact) mass is 451 g/mol. The molecule has 1 aliphatic rings. The number of hydrogen-bond donors (Lipinski definition) is 3. The minimum atomic E-state index is -4.23. The van der Waals surface area contributed by atoms with Crippen LogP contribution in [0.25, 0.3) is 0 Å². The summed E-state index contributed by atoms with van der Waals surface area (Å²) in [7, 11) is -2.88. The fraction of sp³-hybridized carbons (Fsp3) is 0.476. The molecule has 0 unspecified atom stereocenters. The Morgan fingerprint density at radius 2 is 1.84 bits per heavy atom. The Morgan fingerprint density at radius 1 is 1.19 bits per heavy atom. The Morgan fingerprint density at radius 3 is 2.45 bits per heavy atom. The molecule has 1 aromatic rings. The van der Waals surface area contributed by atoms with Crippen LogP contribution >= 0.6 is 0 Å². The van der Waals surface area contributed by atoms with E-state index in [0.717, 1.165) is 12.8 Å². The van der Waals surface area contributed by atoms with Crippen molar-refractivity contribution < 1.29 is 27.5 Å². The number of carbonyl (C=O) groups excluding carboxylic acids is 3.